The third kappa shape index (κ3) is 4.49. The minimum absolute atomic E-state index is 0.396. The lowest BCUT2D eigenvalue weighted by Gasteiger charge is -2.21. The summed E-state index contributed by atoms with van der Waals surface area (Å²) >= 11 is 5.91. The average molecular weight is 350 g/mol. The van der Waals surface area contributed by atoms with E-state index in [-0.39, 0.29) is 0 Å². The van der Waals surface area contributed by atoms with Crippen molar-refractivity contribution >= 4 is 11.6 Å². The maximum absolute atomic E-state index is 5.91. The molecule has 0 aliphatic heterocycles. The van der Waals surface area contributed by atoms with Gasteiger partial charge in [0.1, 0.15) is 0 Å². The number of alkyl halides is 1. The second-order valence-corrected chi connectivity index (χ2v) is 6.81. The molecule has 1 nitrogen and oxygen atoms in total. The summed E-state index contributed by atoms with van der Waals surface area (Å²) in [7, 11) is 0. The Morgan fingerprint density at radius 1 is 0.920 bits per heavy atom. The predicted octanol–water partition coefficient (Wildman–Crippen LogP) is 6.60. The van der Waals surface area contributed by atoms with Gasteiger partial charge in [-0.3, -0.25) is 4.98 Å². The first-order valence-corrected chi connectivity index (χ1v) is 9.46. The lowest BCUT2D eigenvalue weighted by atomic mass is 9.84. The molecule has 0 saturated heterocycles. The van der Waals surface area contributed by atoms with Crippen LogP contribution >= 0.6 is 11.6 Å². The Labute approximate surface area is 155 Å². The Bertz CT molecular complexity index is 798. The van der Waals surface area contributed by atoms with E-state index in [4.69, 9.17) is 11.6 Å². The predicted molar refractivity (Wildman–Crippen MR) is 107 cm³/mol. The Hall–Kier alpha value is -2.12. The Balaban J connectivity index is 1.97. The van der Waals surface area contributed by atoms with Crippen LogP contribution in [-0.4, -0.2) is 10.9 Å². The van der Waals surface area contributed by atoms with Crippen LogP contribution in [0.15, 0.2) is 72.9 Å². The van der Waals surface area contributed by atoms with Gasteiger partial charge < -0.3 is 0 Å². The largest absolute Gasteiger partial charge is 0.256 e. The number of aromatic nitrogens is 1. The lowest BCUT2D eigenvalue weighted by molar-refractivity contribution is 0.650. The van der Waals surface area contributed by atoms with Crippen molar-refractivity contribution in [2.45, 2.75) is 32.1 Å². The van der Waals surface area contributed by atoms with Gasteiger partial charge in [0.2, 0.25) is 0 Å². The van der Waals surface area contributed by atoms with E-state index in [1.807, 2.05) is 18.3 Å². The third-order valence-electron chi connectivity index (χ3n) is 4.69. The van der Waals surface area contributed by atoms with Gasteiger partial charge in [0, 0.05) is 23.6 Å². The smallest absolute Gasteiger partial charge is 0.0702 e. The number of unbranched alkanes of at least 4 members (excludes halogenated alkanes) is 1. The van der Waals surface area contributed by atoms with Crippen molar-refractivity contribution in [3.8, 4) is 11.3 Å². The number of hydrogen-bond acceptors (Lipinski definition) is 1. The molecule has 1 atom stereocenters. The molecular weight excluding hydrogens is 326 g/mol. The second kappa shape index (κ2) is 8.82. The highest BCUT2D eigenvalue weighted by Gasteiger charge is 2.16. The van der Waals surface area contributed by atoms with Crippen molar-refractivity contribution in [2.75, 3.05) is 5.88 Å². The van der Waals surface area contributed by atoms with Crippen LogP contribution < -0.4 is 0 Å². The summed E-state index contributed by atoms with van der Waals surface area (Å²) in [6.45, 7) is 2.20. The number of hydrogen-bond donors (Lipinski definition) is 0. The standard InChI is InChI=1S/C23H24ClN/c1-18-9-2-3-12-21(18)22(13-4-6-15-24)19-10-8-11-20(17-19)23-14-5-7-16-25-23/h2-3,5,7-12,14,16-17,22H,4,6,13,15H2,1H3/t22-/m1/s1. The summed E-state index contributed by atoms with van der Waals surface area (Å²) in [6.07, 6.45) is 5.16. The van der Waals surface area contributed by atoms with Gasteiger partial charge in [0.25, 0.3) is 0 Å². The molecule has 1 aromatic heterocycles. The van der Waals surface area contributed by atoms with E-state index in [0.29, 0.717) is 5.92 Å². The first kappa shape index (κ1) is 17.7. The molecule has 25 heavy (non-hydrogen) atoms. The Kier molecular flexibility index (Phi) is 6.25. The minimum atomic E-state index is 0.396. The molecule has 3 aromatic rings. The molecule has 0 saturated carbocycles. The van der Waals surface area contributed by atoms with Crippen molar-refractivity contribution in [1.82, 2.24) is 4.98 Å². The van der Waals surface area contributed by atoms with E-state index in [1.165, 1.54) is 22.3 Å². The minimum Gasteiger partial charge on any atom is -0.256 e. The number of rotatable bonds is 7. The zero-order chi connectivity index (χ0) is 17.5. The molecule has 1 heterocycles. The van der Waals surface area contributed by atoms with Crippen LogP contribution in [0.2, 0.25) is 0 Å². The van der Waals surface area contributed by atoms with Crippen LogP contribution in [0.3, 0.4) is 0 Å². The van der Waals surface area contributed by atoms with Crippen LogP contribution in [0.4, 0.5) is 0 Å². The lowest BCUT2D eigenvalue weighted by Crippen LogP contribution is -2.04. The summed E-state index contributed by atoms with van der Waals surface area (Å²) < 4.78 is 0. The molecule has 0 unspecified atom stereocenters. The maximum atomic E-state index is 5.91. The number of pyridine rings is 1. The van der Waals surface area contributed by atoms with Crippen LogP contribution in [0.25, 0.3) is 11.3 Å². The highest BCUT2D eigenvalue weighted by Crippen LogP contribution is 2.33. The molecule has 0 radical (unpaired) electrons. The molecule has 3 rings (SSSR count). The fourth-order valence-corrected chi connectivity index (χ4v) is 3.56. The number of aryl methyl sites for hydroxylation is 1. The molecule has 2 heteroatoms. The van der Waals surface area contributed by atoms with Crippen molar-refractivity contribution in [1.29, 1.82) is 0 Å². The summed E-state index contributed by atoms with van der Waals surface area (Å²) in [5.41, 5.74) is 6.31. The van der Waals surface area contributed by atoms with E-state index in [1.54, 1.807) is 0 Å². The van der Waals surface area contributed by atoms with Gasteiger partial charge in [0.05, 0.1) is 5.69 Å². The van der Waals surface area contributed by atoms with Crippen LogP contribution in [0.1, 0.15) is 41.9 Å². The molecule has 0 spiro atoms. The van der Waals surface area contributed by atoms with Gasteiger partial charge in [-0.05, 0) is 54.7 Å². The Morgan fingerprint density at radius 3 is 2.52 bits per heavy atom. The van der Waals surface area contributed by atoms with Gasteiger partial charge in [-0.1, -0.05) is 55.0 Å². The first-order chi connectivity index (χ1) is 12.3. The molecule has 0 aliphatic rings. The average Bonchev–Trinajstić information content (AvgIpc) is 2.67. The summed E-state index contributed by atoms with van der Waals surface area (Å²) in [5, 5.41) is 0. The third-order valence-corrected chi connectivity index (χ3v) is 4.96. The molecule has 0 amide bonds. The second-order valence-electron chi connectivity index (χ2n) is 6.43. The summed E-state index contributed by atoms with van der Waals surface area (Å²) in [6, 6.07) is 23.6. The molecule has 0 bridgehead atoms. The zero-order valence-electron chi connectivity index (χ0n) is 14.7. The van der Waals surface area contributed by atoms with Gasteiger partial charge in [-0.15, -0.1) is 11.6 Å². The molecule has 0 aliphatic carbocycles. The van der Waals surface area contributed by atoms with Crippen molar-refractivity contribution in [3.63, 3.8) is 0 Å². The van der Waals surface area contributed by atoms with Gasteiger partial charge >= 0.3 is 0 Å². The van der Waals surface area contributed by atoms with Gasteiger partial charge in [-0.2, -0.15) is 0 Å². The van der Waals surface area contributed by atoms with Crippen molar-refractivity contribution in [2.24, 2.45) is 0 Å². The van der Waals surface area contributed by atoms with Gasteiger partial charge in [-0.25, -0.2) is 0 Å². The number of halogens is 1. The fraction of sp³-hybridized carbons (Fsp3) is 0.261. The first-order valence-electron chi connectivity index (χ1n) is 8.92. The van der Waals surface area contributed by atoms with Gasteiger partial charge in [0.15, 0.2) is 0 Å². The van der Waals surface area contributed by atoms with E-state index in [2.05, 4.69) is 66.5 Å². The van der Waals surface area contributed by atoms with E-state index >= 15 is 0 Å². The number of nitrogens with zero attached hydrogens (tertiary/aromatic N) is 1. The molecule has 2 aromatic carbocycles. The maximum Gasteiger partial charge on any atom is 0.0702 e. The highest BCUT2D eigenvalue weighted by molar-refractivity contribution is 6.17. The molecule has 0 fully saturated rings. The molecule has 0 N–H and O–H groups in total. The summed E-state index contributed by atoms with van der Waals surface area (Å²) in [5.74, 6) is 1.13. The Morgan fingerprint density at radius 2 is 1.76 bits per heavy atom. The van der Waals surface area contributed by atoms with Crippen molar-refractivity contribution < 1.29 is 0 Å². The van der Waals surface area contributed by atoms with Crippen molar-refractivity contribution in [3.05, 3.63) is 89.6 Å². The monoisotopic (exact) mass is 349 g/mol. The van der Waals surface area contributed by atoms with Crippen LogP contribution in [-0.2, 0) is 0 Å². The molecular formula is C23H24ClN. The zero-order valence-corrected chi connectivity index (χ0v) is 15.4. The number of benzene rings is 2. The van der Waals surface area contributed by atoms with E-state index < -0.39 is 0 Å². The summed E-state index contributed by atoms with van der Waals surface area (Å²) in [4.78, 5) is 4.50. The van der Waals surface area contributed by atoms with E-state index in [0.717, 1.165) is 30.8 Å². The fourth-order valence-electron chi connectivity index (χ4n) is 3.37. The topological polar surface area (TPSA) is 12.9 Å². The normalized spacial score (nSPS) is 12.1. The quantitative estimate of drug-likeness (QED) is 0.346. The SMILES string of the molecule is Cc1ccccc1[C@H](CCCCCl)c1cccc(-c2ccccn2)c1. The van der Waals surface area contributed by atoms with Crippen LogP contribution in [0, 0.1) is 6.92 Å². The highest BCUT2D eigenvalue weighted by atomic mass is 35.5. The van der Waals surface area contributed by atoms with Crippen LogP contribution in [0.5, 0.6) is 0 Å². The van der Waals surface area contributed by atoms with E-state index in [9.17, 15) is 0 Å². The molecule has 128 valence electrons.